The lowest BCUT2D eigenvalue weighted by Crippen LogP contribution is -2.45. The number of carbonyl (C=O) groups excluding carboxylic acids is 1. The molecular weight excluding hydrogens is 436 g/mol. The third kappa shape index (κ3) is 6.86. The zero-order valence-electron chi connectivity index (χ0n) is 19.3. The molecule has 0 radical (unpaired) electrons. The van der Waals surface area contributed by atoms with Crippen molar-refractivity contribution in [2.45, 2.75) is 25.9 Å². The van der Waals surface area contributed by atoms with Gasteiger partial charge in [0.25, 0.3) is 0 Å². The first-order valence-corrected chi connectivity index (χ1v) is 13.6. The van der Waals surface area contributed by atoms with Crippen molar-refractivity contribution in [3.8, 4) is 0 Å². The molecule has 33 heavy (non-hydrogen) atoms. The second-order valence-electron chi connectivity index (χ2n) is 9.16. The van der Waals surface area contributed by atoms with E-state index < -0.39 is 10.0 Å². The predicted molar refractivity (Wildman–Crippen MR) is 131 cm³/mol. The maximum absolute atomic E-state index is 12.6. The molecule has 178 valence electrons. The molecule has 2 heterocycles. The van der Waals surface area contributed by atoms with E-state index in [1.165, 1.54) is 21.7 Å². The number of rotatable bonds is 7. The average Bonchev–Trinajstić information content (AvgIpc) is 2.82. The average molecular weight is 471 g/mol. The third-order valence-electron chi connectivity index (χ3n) is 6.64. The lowest BCUT2D eigenvalue weighted by Gasteiger charge is -2.34. The summed E-state index contributed by atoms with van der Waals surface area (Å²) >= 11 is 0. The van der Waals surface area contributed by atoms with Gasteiger partial charge in [0, 0.05) is 64.0 Å². The Hall–Kier alpha value is -2.26. The SMILES string of the molecule is CS(=O)(=O)N1CCC(C(=O)Nc2ccc(CN3CCN(Cc4ccccc4)CC3)cc2)CC1. The monoisotopic (exact) mass is 470 g/mol. The number of nitrogens with zero attached hydrogens (tertiary/aromatic N) is 3. The minimum atomic E-state index is -3.17. The van der Waals surface area contributed by atoms with Crippen LogP contribution in [0.3, 0.4) is 0 Å². The molecule has 0 aromatic heterocycles. The van der Waals surface area contributed by atoms with Crippen LogP contribution < -0.4 is 5.32 Å². The molecule has 8 heteroatoms. The van der Waals surface area contributed by atoms with E-state index in [2.05, 4.69) is 57.6 Å². The van der Waals surface area contributed by atoms with E-state index >= 15 is 0 Å². The number of benzene rings is 2. The standard InChI is InChI=1S/C25H34N4O3S/c1-33(31,32)29-13-11-23(12-14-29)25(30)26-24-9-7-22(8-10-24)20-28-17-15-27(16-18-28)19-21-5-3-2-4-6-21/h2-10,23H,11-20H2,1H3,(H,26,30). The van der Waals surface area contributed by atoms with Crippen LogP contribution in [0.4, 0.5) is 5.69 Å². The van der Waals surface area contributed by atoms with Crippen LogP contribution in [0.5, 0.6) is 0 Å². The molecule has 0 spiro atoms. The van der Waals surface area contributed by atoms with Gasteiger partial charge in [0.15, 0.2) is 0 Å². The van der Waals surface area contributed by atoms with E-state index in [0.717, 1.165) is 45.0 Å². The van der Waals surface area contributed by atoms with Gasteiger partial charge in [-0.25, -0.2) is 12.7 Å². The van der Waals surface area contributed by atoms with Gasteiger partial charge in [-0.05, 0) is 36.1 Å². The normalized spacial score (nSPS) is 19.4. The van der Waals surface area contributed by atoms with Gasteiger partial charge in [-0.1, -0.05) is 42.5 Å². The van der Waals surface area contributed by atoms with Gasteiger partial charge in [-0.3, -0.25) is 14.6 Å². The Morgan fingerprint density at radius 1 is 0.818 bits per heavy atom. The number of amides is 1. The highest BCUT2D eigenvalue weighted by molar-refractivity contribution is 7.88. The van der Waals surface area contributed by atoms with E-state index in [1.54, 1.807) is 0 Å². The molecule has 7 nitrogen and oxygen atoms in total. The largest absolute Gasteiger partial charge is 0.326 e. The van der Waals surface area contributed by atoms with Gasteiger partial charge in [-0.15, -0.1) is 0 Å². The summed E-state index contributed by atoms with van der Waals surface area (Å²) < 4.78 is 24.7. The summed E-state index contributed by atoms with van der Waals surface area (Å²) in [5.41, 5.74) is 3.40. The summed E-state index contributed by atoms with van der Waals surface area (Å²) in [4.78, 5) is 17.6. The Bertz CT molecular complexity index is 1010. The molecule has 2 aliphatic heterocycles. The molecular formula is C25H34N4O3S. The number of nitrogens with one attached hydrogen (secondary N) is 1. The minimum Gasteiger partial charge on any atom is -0.326 e. The van der Waals surface area contributed by atoms with Gasteiger partial charge >= 0.3 is 0 Å². The molecule has 0 bridgehead atoms. The van der Waals surface area contributed by atoms with Gasteiger partial charge in [0.2, 0.25) is 15.9 Å². The summed E-state index contributed by atoms with van der Waals surface area (Å²) in [7, 11) is -3.17. The highest BCUT2D eigenvalue weighted by Crippen LogP contribution is 2.21. The van der Waals surface area contributed by atoms with Crippen molar-refractivity contribution < 1.29 is 13.2 Å². The first-order chi connectivity index (χ1) is 15.9. The van der Waals surface area contributed by atoms with Crippen molar-refractivity contribution in [1.82, 2.24) is 14.1 Å². The molecule has 4 rings (SSSR count). The summed E-state index contributed by atoms with van der Waals surface area (Å²) in [5.74, 6) is -0.166. The number of carbonyl (C=O) groups is 1. The molecule has 0 saturated carbocycles. The van der Waals surface area contributed by atoms with E-state index in [1.807, 2.05) is 12.1 Å². The van der Waals surface area contributed by atoms with E-state index in [-0.39, 0.29) is 11.8 Å². The minimum absolute atomic E-state index is 0.0227. The van der Waals surface area contributed by atoms with Crippen molar-refractivity contribution >= 4 is 21.6 Å². The molecule has 0 atom stereocenters. The Balaban J connectivity index is 1.20. The molecule has 0 aliphatic carbocycles. The fourth-order valence-corrected chi connectivity index (χ4v) is 5.47. The van der Waals surface area contributed by atoms with Crippen molar-refractivity contribution in [3.05, 3.63) is 65.7 Å². The molecule has 2 aromatic rings. The number of sulfonamides is 1. The molecule has 2 aromatic carbocycles. The highest BCUT2D eigenvalue weighted by Gasteiger charge is 2.29. The first-order valence-electron chi connectivity index (χ1n) is 11.7. The second kappa shape index (κ2) is 10.8. The summed E-state index contributed by atoms with van der Waals surface area (Å²) in [6.45, 7) is 6.99. The zero-order chi connectivity index (χ0) is 23.3. The lowest BCUT2D eigenvalue weighted by atomic mass is 9.97. The Kier molecular flexibility index (Phi) is 7.80. The third-order valence-corrected chi connectivity index (χ3v) is 7.94. The summed E-state index contributed by atoms with van der Waals surface area (Å²) in [6, 6.07) is 18.7. The van der Waals surface area contributed by atoms with Crippen LogP contribution in [0.25, 0.3) is 0 Å². The van der Waals surface area contributed by atoms with Crippen LogP contribution in [0.1, 0.15) is 24.0 Å². The smallest absolute Gasteiger partial charge is 0.227 e. The number of anilines is 1. The van der Waals surface area contributed by atoms with Gasteiger partial charge < -0.3 is 5.32 Å². The lowest BCUT2D eigenvalue weighted by molar-refractivity contribution is -0.120. The van der Waals surface area contributed by atoms with E-state index in [0.29, 0.717) is 25.9 Å². The Morgan fingerprint density at radius 3 is 1.85 bits per heavy atom. The Morgan fingerprint density at radius 2 is 1.33 bits per heavy atom. The quantitative estimate of drug-likeness (QED) is 0.674. The predicted octanol–water partition coefficient (Wildman–Crippen LogP) is 2.61. The highest BCUT2D eigenvalue weighted by atomic mass is 32.2. The van der Waals surface area contributed by atoms with Gasteiger partial charge in [0.1, 0.15) is 0 Å². The van der Waals surface area contributed by atoms with Crippen LogP contribution in [0.2, 0.25) is 0 Å². The van der Waals surface area contributed by atoms with Crippen molar-refractivity contribution in [1.29, 1.82) is 0 Å². The fraction of sp³-hybridized carbons (Fsp3) is 0.480. The molecule has 0 unspecified atom stereocenters. The maximum Gasteiger partial charge on any atom is 0.227 e. The topological polar surface area (TPSA) is 73.0 Å². The van der Waals surface area contributed by atoms with Crippen LogP contribution in [-0.4, -0.2) is 74.0 Å². The Labute approximate surface area is 197 Å². The van der Waals surface area contributed by atoms with Crippen molar-refractivity contribution in [2.75, 3.05) is 50.8 Å². The van der Waals surface area contributed by atoms with E-state index in [4.69, 9.17) is 0 Å². The number of hydrogen-bond donors (Lipinski definition) is 1. The van der Waals surface area contributed by atoms with Gasteiger partial charge in [0.05, 0.1) is 6.26 Å². The van der Waals surface area contributed by atoms with Crippen LogP contribution in [-0.2, 0) is 27.9 Å². The fourth-order valence-electron chi connectivity index (χ4n) is 4.59. The van der Waals surface area contributed by atoms with Crippen molar-refractivity contribution in [3.63, 3.8) is 0 Å². The van der Waals surface area contributed by atoms with Crippen LogP contribution in [0.15, 0.2) is 54.6 Å². The number of hydrogen-bond acceptors (Lipinski definition) is 5. The van der Waals surface area contributed by atoms with E-state index in [9.17, 15) is 13.2 Å². The summed E-state index contributed by atoms with van der Waals surface area (Å²) in [5, 5.41) is 3.00. The molecule has 1 N–H and O–H groups in total. The maximum atomic E-state index is 12.6. The van der Waals surface area contributed by atoms with Gasteiger partial charge in [-0.2, -0.15) is 0 Å². The molecule has 2 saturated heterocycles. The first kappa shape index (κ1) is 23.9. The summed E-state index contributed by atoms with van der Waals surface area (Å²) in [6.07, 6.45) is 2.35. The van der Waals surface area contributed by atoms with Crippen molar-refractivity contribution in [2.24, 2.45) is 5.92 Å². The van der Waals surface area contributed by atoms with Crippen LogP contribution >= 0.6 is 0 Å². The van der Waals surface area contributed by atoms with Crippen LogP contribution in [0, 0.1) is 5.92 Å². The second-order valence-corrected chi connectivity index (χ2v) is 11.1. The molecule has 2 fully saturated rings. The molecule has 1 amide bonds. The zero-order valence-corrected chi connectivity index (χ0v) is 20.1. The number of piperidine rings is 1. The number of piperazine rings is 1. The molecule has 2 aliphatic rings.